The number of carbonyl (C=O) groups excluding carboxylic acids is 2. The van der Waals surface area contributed by atoms with Crippen molar-refractivity contribution in [2.45, 2.75) is 19.1 Å². The van der Waals surface area contributed by atoms with Gasteiger partial charge in [-0.3, -0.25) is 14.6 Å². The first-order valence-corrected chi connectivity index (χ1v) is 11.7. The minimum Gasteiger partial charge on any atom is -0.507 e. The highest BCUT2D eigenvalue weighted by Gasteiger charge is 2.29. The highest BCUT2D eigenvalue weighted by atomic mass is 16.6. The number of aromatic hydroxyl groups is 1. The SMILES string of the molecule is CN(C(=O)O[C@@H]1CCN(Cc2cccc(-c3cccc(C#N)n3)c2O)C1)c1ccc2c(n1)NC(=O)CO2. The van der Waals surface area contributed by atoms with Crippen molar-refractivity contribution in [3.05, 3.63) is 59.8 Å². The summed E-state index contributed by atoms with van der Waals surface area (Å²) in [7, 11) is 1.55. The molecule has 1 saturated heterocycles. The zero-order chi connectivity index (χ0) is 25.9. The van der Waals surface area contributed by atoms with Gasteiger partial charge in [0.2, 0.25) is 0 Å². The average Bonchev–Trinajstić information content (AvgIpc) is 3.35. The molecule has 37 heavy (non-hydrogen) atoms. The van der Waals surface area contributed by atoms with Crippen LogP contribution in [0.15, 0.2) is 48.5 Å². The molecular formula is C26H24N6O5. The molecule has 188 valence electrons. The number of rotatable bonds is 5. The lowest BCUT2D eigenvalue weighted by molar-refractivity contribution is -0.118. The molecule has 11 heteroatoms. The number of phenolic OH excluding ortho intramolecular Hbond substituents is 1. The van der Waals surface area contributed by atoms with E-state index in [2.05, 4.69) is 20.2 Å². The van der Waals surface area contributed by atoms with E-state index in [1.54, 1.807) is 43.4 Å². The van der Waals surface area contributed by atoms with Gasteiger partial charge in [-0.15, -0.1) is 0 Å². The number of amides is 2. The lowest BCUT2D eigenvalue weighted by Crippen LogP contribution is -2.33. The maximum absolute atomic E-state index is 12.8. The van der Waals surface area contributed by atoms with Crippen molar-refractivity contribution in [1.29, 1.82) is 5.26 Å². The van der Waals surface area contributed by atoms with Gasteiger partial charge in [-0.1, -0.05) is 18.2 Å². The van der Waals surface area contributed by atoms with Crippen molar-refractivity contribution in [1.82, 2.24) is 14.9 Å². The summed E-state index contributed by atoms with van der Waals surface area (Å²) in [4.78, 5) is 36.3. The zero-order valence-electron chi connectivity index (χ0n) is 20.0. The molecule has 0 saturated carbocycles. The number of nitrogens with zero attached hydrogens (tertiary/aromatic N) is 5. The third-order valence-corrected chi connectivity index (χ3v) is 6.23. The second-order valence-electron chi connectivity index (χ2n) is 8.77. The standard InChI is InChI=1S/C26H24N6O5/c1-31(22-9-8-21-25(29-22)30-23(33)15-36-21)26(35)37-18-10-11-32(14-18)13-16-4-2-6-19(24(16)34)20-7-3-5-17(12-27)28-20/h2-9,18,34H,10-11,13-15H2,1H3,(H,29,30,33)/t18-/m1/s1. The van der Waals surface area contributed by atoms with Crippen LogP contribution in [0.25, 0.3) is 11.3 Å². The van der Waals surface area contributed by atoms with Gasteiger partial charge in [-0.25, -0.2) is 14.8 Å². The molecule has 2 N–H and O–H groups in total. The molecule has 2 aromatic heterocycles. The van der Waals surface area contributed by atoms with E-state index in [-0.39, 0.29) is 35.9 Å². The first-order chi connectivity index (χ1) is 17.9. The van der Waals surface area contributed by atoms with E-state index >= 15 is 0 Å². The second kappa shape index (κ2) is 10.1. The van der Waals surface area contributed by atoms with Gasteiger partial charge in [0, 0.05) is 37.8 Å². The predicted molar refractivity (Wildman–Crippen MR) is 133 cm³/mol. The fourth-order valence-corrected chi connectivity index (χ4v) is 4.31. The molecule has 1 aromatic carbocycles. The van der Waals surface area contributed by atoms with Crippen molar-refractivity contribution in [2.24, 2.45) is 0 Å². The van der Waals surface area contributed by atoms with Gasteiger partial charge >= 0.3 is 6.09 Å². The number of benzene rings is 1. The lowest BCUT2D eigenvalue weighted by atomic mass is 10.0. The van der Waals surface area contributed by atoms with Gasteiger partial charge in [0.25, 0.3) is 5.91 Å². The molecule has 0 unspecified atom stereocenters. The summed E-state index contributed by atoms with van der Waals surface area (Å²) in [6.07, 6.45) is -0.238. The molecule has 4 heterocycles. The monoisotopic (exact) mass is 500 g/mol. The molecule has 0 radical (unpaired) electrons. The maximum atomic E-state index is 12.8. The summed E-state index contributed by atoms with van der Waals surface area (Å²) in [6, 6.07) is 15.8. The van der Waals surface area contributed by atoms with Gasteiger partial charge in [0.1, 0.15) is 29.4 Å². The van der Waals surface area contributed by atoms with Gasteiger partial charge in [0.05, 0.1) is 5.69 Å². The van der Waals surface area contributed by atoms with Crippen LogP contribution in [0.5, 0.6) is 11.5 Å². The Morgan fingerprint density at radius 2 is 2.11 bits per heavy atom. The number of hydrogen-bond acceptors (Lipinski definition) is 9. The summed E-state index contributed by atoms with van der Waals surface area (Å²) in [5, 5.41) is 22.6. The number of anilines is 2. The number of phenols is 1. The average molecular weight is 501 g/mol. The van der Waals surface area contributed by atoms with Crippen LogP contribution in [-0.4, -0.2) is 64.8 Å². The number of nitrogens with one attached hydrogen (secondary N) is 1. The Morgan fingerprint density at radius 1 is 1.27 bits per heavy atom. The Kier molecular flexibility index (Phi) is 6.57. The molecule has 1 atom stereocenters. The smallest absolute Gasteiger partial charge is 0.415 e. The number of likely N-dealkylation sites (tertiary alicyclic amines) is 1. The third-order valence-electron chi connectivity index (χ3n) is 6.23. The first-order valence-electron chi connectivity index (χ1n) is 11.7. The number of para-hydroxylation sites is 1. The highest BCUT2D eigenvalue weighted by Crippen LogP contribution is 2.33. The maximum Gasteiger partial charge on any atom is 0.415 e. The van der Waals surface area contributed by atoms with Gasteiger partial charge in [-0.05, 0) is 36.8 Å². The predicted octanol–water partition coefficient (Wildman–Crippen LogP) is 2.90. The minimum atomic E-state index is -0.560. The van der Waals surface area contributed by atoms with E-state index in [9.17, 15) is 14.7 Å². The Bertz CT molecular complexity index is 1400. The Morgan fingerprint density at radius 3 is 2.95 bits per heavy atom. The van der Waals surface area contributed by atoms with Crippen LogP contribution < -0.4 is 15.0 Å². The van der Waals surface area contributed by atoms with Crippen molar-refractivity contribution in [2.75, 3.05) is 37.0 Å². The number of carbonyl (C=O) groups is 2. The minimum absolute atomic E-state index is 0.0720. The number of nitriles is 1. The third kappa shape index (κ3) is 5.14. The molecule has 0 spiro atoms. The molecule has 3 aromatic rings. The zero-order valence-corrected chi connectivity index (χ0v) is 20.0. The summed E-state index contributed by atoms with van der Waals surface area (Å²) < 4.78 is 11.0. The van der Waals surface area contributed by atoms with E-state index in [0.717, 1.165) is 0 Å². The Labute approximate surface area is 212 Å². The molecule has 0 aliphatic carbocycles. The normalized spacial score (nSPS) is 16.8. The van der Waals surface area contributed by atoms with E-state index in [1.165, 1.54) is 4.90 Å². The van der Waals surface area contributed by atoms with Crippen molar-refractivity contribution >= 4 is 23.6 Å². The number of aromatic nitrogens is 2. The van der Waals surface area contributed by atoms with E-state index < -0.39 is 6.09 Å². The quantitative estimate of drug-likeness (QED) is 0.541. The molecule has 0 bridgehead atoms. The summed E-state index contributed by atoms with van der Waals surface area (Å²) in [5.74, 6) is 0.825. The number of hydrogen-bond donors (Lipinski definition) is 2. The van der Waals surface area contributed by atoms with Crippen molar-refractivity contribution in [3.63, 3.8) is 0 Å². The molecule has 5 rings (SSSR count). The summed E-state index contributed by atoms with van der Waals surface area (Å²) >= 11 is 0. The molecular weight excluding hydrogens is 476 g/mol. The molecule has 11 nitrogen and oxygen atoms in total. The lowest BCUT2D eigenvalue weighted by Gasteiger charge is -2.22. The molecule has 1 fully saturated rings. The van der Waals surface area contributed by atoms with E-state index in [1.807, 2.05) is 18.2 Å². The fourth-order valence-electron chi connectivity index (χ4n) is 4.31. The van der Waals surface area contributed by atoms with Crippen LogP contribution in [0.1, 0.15) is 17.7 Å². The van der Waals surface area contributed by atoms with Gasteiger partial charge in [-0.2, -0.15) is 5.26 Å². The van der Waals surface area contributed by atoms with E-state index in [0.29, 0.717) is 54.4 Å². The van der Waals surface area contributed by atoms with Crippen LogP contribution in [0, 0.1) is 11.3 Å². The largest absolute Gasteiger partial charge is 0.507 e. The molecule has 2 aliphatic rings. The Balaban J connectivity index is 1.21. The number of ether oxygens (including phenoxy) is 2. The van der Waals surface area contributed by atoms with Crippen molar-refractivity contribution in [3.8, 4) is 28.8 Å². The summed E-state index contributed by atoms with van der Waals surface area (Å²) in [6.45, 7) is 1.59. The van der Waals surface area contributed by atoms with Crippen LogP contribution in [0.4, 0.5) is 16.4 Å². The number of pyridine rings is 2. The van der Waals surface area contributed by atoms with Crippen LogP contribution >= 0.6 is 0 Å². The highest BCUT2D eigenvalue weighted by molar-refractivity contribution is 5.95. The Hall–Kier alpha value is -4.69. The summed E-state index contributed by atoms with van der Waals surface area (Å²) in [5.41, 5.74) is 2.07. The van der Waals surface area contributed by atoms with E-state index in [4.69, 9.17) is 14.7 Å². The van der Waals surface area contributed by atoms with Crippen LogP contribution in [0.2, 0.25) is 0 Å². The topological polar surface area (TPSA) is 141 Å². The first kappa shape index (κ1) is 24.0. The van der Waals surface area contributed by atoms with Gasteiger partial charge in [0.15, 0.2) is 18.2 Å². The van der Waals surface area contributed by atoms with Crippen LogP contribution in [0.3, 0.4) is 0 Å². The van der Waals surface area contributed by atoms with Crippen LogP contribution in [-0.2, 0) is 16.1 Å². The number of fused-ring (bicyclic) bond motifs is 1. The molecule has 2 aliphatic heterocycles. The fraction of sp³-hybridized carbons (Fsp3) is 0.269. The van der Waals surface area contributed by atoms with Crippen molar-refractivity contribution < 1.29 is 24.2 Å². The second-order valence-corrected chi connectivity index (χ2v) is 8.77. The van der Waals surface area contributed by atoms with Gasteiger partial charge < -0.3 is 19.9 Å². The molecule has 2 amide bonds.